The van der Waals surface area contributed by atoms with E-state index in [0.29, 0.717) is 11.3 Å². The molecule has 1 atom stereocenters. The fraction of sp³-hybridized carbons (Fsp3) is 0.125. The molecule has 0 saturated heterocycles. The number of hydrogen-bond acceptors (Lipinski definition) is 2. The lowest BCUT2D eigenvalue weighted by Crippen LogP contribution is -1.82. The van der Waals surface area contributed by atoms with E-state index in [1.54, 1.807) is 24.3 Å². The summed E-state index contributed by atoms with van der Waals surface area (Å²) >= 11 is 5.53. The molecule has 1 aromatic carbocycles. The van der Waals surface area contributed by atoms with Gasteiger partial charge in [0.1, 0.15) is 0 Å². The summed E-state index contributed by atoms with van der Waals surface area (Å²) in [7, 11) is 0. The van der Waals surface area contributed by atoms with Gasteiger partial charge >= 0.3 is 0 Å². The zero-order valence-corrected chi connectivity index (χ0v) is 6.82. The van der Waals surface area contributed by atoms with Crippen molar-refractivity contribution in [1.29, 1.82) is 0 Å². The molecule has 60 valence electrons. The fourth-order valence-electron chi connectivity index (χ4n) is 0.769. The van der Waals surface area contributed by atoms with Crippen molar-refractivity contribution >= 4 is 17.3 Å². The number of rotatable bonds is 2. The Bertz CT molecular complexity index is 315. The van der Waals surface area contributed by atoms with Crippen LogP contribution in [0.5, 0.6) is 0 Å². The highest BCUT2D eigenvalue weighted by molar-refractivity contribution is 6.20. The lowest BCUT2D eigenvalue weighted by Gasteiger charge is -1.99. The summed E-state index contributed by atoms with van der Waals surface area (Å²) in [6, 6.07) is 6.44. The molecule has 0 spiro atoms. The Labute approximate surface area is 74.8 Å². The van der Waals surface area contributed by atoms with Crippen molar-refractivity contribution in [2.24, 2.45) is 5.18 Å². The second-order valence-corrected chi connectivity index (χ2v) is 2.56. The number of alkyl halides is 1. The molecule has 0 bridgehead atoms. The Morgan fingerprint density at radius 3 is 2.42 bits per heavy atom. The first-order valence-electron chi connectivity index (χ1n) is 3.22. The standard InChI is InChI=1S/C8H5ClN2O/c1-10-7-4-2-6(3-5-7)8(9)11-12/h2-5,8H. The third-order valence-corrected chi connectivity index (χ3v) is 1.72. The zero-order valence-electron chi connectivity index (χ0n) is 6.07. The van der Waals surface area contributed by atoms with E-state index in [9.17, 15) is 4.91 Å². The number of benzene rings is 1. The van der Waals surface area contributed by atoms with E-state index in [4.69, 9.17) is 18.2 Å². The minimum Gasteiger partial charge on any atom is -0.238 e. The van der Waals surface area contributed by atoms with E-state index in [1.807, 2.05) is 0 Å². The average molecular weight is 181 g/mol. The molecule has 0 radical (unpaired) electrons. The number of halogens is 1. The number of nitrogens with zero attached hydrogens (tertiary/aromatic N) is 2. The molecule has 12 heavy (non-hydrogen) atoms. The van der Waals surface area contributed by atoms with Crippen LogP contribution in [0.3, 0.4) is 0 Å². The molecule has 0 aliphatic rings. The maximum atomic E-state index is 10.0. The average Bonchev–Trinajstić information content (AvgIpc) is 2.17. The van der Waals surface area contributed by atoms with Crippen LogP contribution in [0.25, 0.3) is 4.85 Å². The predicted molar refractivity (Wildman–Crippen MR) is 47.1 cm³/mol. The van der Waals surface area contributed by atoms with Crippen molar-refractivity contribution in [1.82, 2.24) is 0 Å². The van der Waals surface area contributed by atoms with Crippen LogP contribution >= 0.6 is 11.6 Å². The van der Waals surface area contributed by atoms with Crippen molar-refractivity contribution < 1.29 is 0 Å². The SMILES string of the molecule is [C-]#[N+]c1ccc(C(Cl)N=O)cc1. The fourth-order valence-corrected chi connectivity index (χ4v) is 0.914. The quantitative estimate of drug-likeness (QED) is 0.298. The Morgan fingerprint density at radius 1 is 1.42 bits per heavy atom. The Balaban J connectivity index is 2.93. The van der Waals surface area contributed by atoms with Gasteiger partial charge < -0.3 is 0 Å². The van der Waals surface area contributed by atoms with Crippen LogP contribution in [-0.4, -0.2) is 0 Å². The van der Waals surface area contributed by atoms with E-state index < -0.39 is 5.50 Å². The highest BCUT2D eigenvalue weighted by atomic mass is 35.5. The van der Waals surface area contributed by atoms with Crippen LogP contribution in [0.15, 0.2) is 29.4 Å². The van der Waals surface area contributed by atoms with E-state index >= 15 is 0 Å². The topological polar surface area (TPSA) is 33.8 Å². The molecule has 3 nitrogen and oxygen atoms in total. The van der Waals surface area contributed by atoms with Gasteiger partial charge in [-0.2, -0.15) is 0 Å². The number of hydrogen-bond donors (Lipinski definition) is 0. The molecule has 1 aromatic rings. The minimum absolute atomic E-state index is 0.522. The van der Waals surface area contributed by atoms with E-state index in [1.165, 1.54) is 0 Å². The van der Waals surface area contributed by atoms with Crippen LogP contribution < -0.4 is 0 Å². The summed E-state index contributed by atoms with van der Waals surface area (Å²) in [4.78, 5) is 13.2. The Kier molecular flexibility index (Phi) is 2.78. The summed E-state index contributed by atoms with van der Waals surface area (Å²) in [6.07, 6.45) is 0. The maximum Gasteiger partial charge on any atom is 0.190 e. The highest BCUT2D eigenvalue weighted by Gasteiger charge is 2.05. The molecular formula is C8H5ClN2O. The van der Waals surface area contributed by atoms with Gasteiger partial charge in [-0.25, -0.2) is 4.85 Å². The van der Waals surface area contributed by atoms with Crippen molar-refractivity contribution in [3.8, 4) is 0 Å². The first-order valence-corrected chi connectivity index (χ1v) is 3.65. The molecule has 0 fully saturated rings. The molecule has 0 saturated carbocycles. The second-order valence-electron chi connectivity index (χ2n) is 2.14. The van der Waals surface area contributed by atoms with E-state index in [2.05, 4.69) is 10.0 Å². The molecule has 0 aliphatic carbocycles. The van der Waals surface area contributed by atoms with Crippen molar-refractivity contribution in [2.75, 3.05) is 0 Å². The summed E-state index contributed by atoms with van der Waals surface area (Å²) in [6.45, 7) is 6.67. The van der Waals surface area contributed by atoms with Gasteiger partial charge in [-0.05, 0) is 10.7 Å². The van der Waals surface area contributed by atoms with Gasteiger partial charge in [0.25, 0.3) is 0 Å². The summed E-state index contributed by atoms with van der Waals surface area (Å²) in [5.41, 5.74) is 0.275. The molecule has 4 heteroatoms. The molecule has 0 heterocycles. The van der Waals surface area contributed by atoms with E-state index in [-0.39, 0.29) is 0 Å². The molecule has 0 aromatic heterocycles. The number of nitroso groups, excluding NO2 is 1. The van der Waals surface area contributed by atoms with Gasteiger partial charge in [0, 0.05) is 0 Å². The van der Waals surface area contributed by atoms with Crippen molar-refractivity contribution in [3.05, 3.63) is 46.2 Å². The minimum atomic E-state index is -0.857. The zero-order chi connectivity index (χ0) is 8.97. The van der Waals surface area contributed by atoms with Crippen molar-refractivity contribution in [2.45, 2.75) is 5.50 Å². The molecule has 0 N–H and O–H groups in total. The predicted octanol–water partition coefficient (Wildman–Crippen LogP) is 3.24. The molecule has 1 unspecified atom stereocenters. The van der Waals surface area contributed by atoms with Gasteiger partial charge in [0.2, 0.25) is 0 Å². The second kappa shape index (κ2) is 3.84. The van der Waals surface area contributed by atoms with Crippen LogP contribution in [0.4, 0.5) is 5.69 Å². The third-order valence-electron chi connectivity index (χ3n) is 1.39. The van der Waals surface area contributed by atoms with Gasteiger partial charge in [0.05, 0.1) is 6.57 Å². The Morgan fingerprint density at radius 2 is 2.00 bits per heavy atom. The smallest absolute Gasteiger partial charge is 0.190 e. The molecular weight excluding hydrogens is 176 g/mol. The van der Waals surface area contributed by atoms with Crippen LogP contribution in [0, 0.1) is 11.5 Å². The lowest BCUT2D eigenvalue weighted by atomic mass is 10.2. The third kappa shape index (κ3) is 1.80. The molecule has 1 rings (SSSR count). The lowest BCUT2D eigenvalue weighted by molar-refractivity contribution is 1.01. The first kappa shape index (κ1) is 8.69. The summed E-state index contributed by atoms with van der Waals surface area (Å²) < 4.78 is 0. The van der Waals surface area contributed by atoms with Crippen LogP contribution in [0.2, 0.25) is 0 Å². The largest absolute Gasteiger partial charge is 0.238 e. The van der Waals surface area contributed by atoms with Crippen LogP contribution in [0.1, 0.15) is 11.1 Å². The summed E-state index contributed by atoms with van der Waals surface area (Å²) in [5.74, 6) is 0. The van der Waals surface area contributed by atoms with Gasteiger partial charge in [-0.15, -0.1) is 4.91 Å². The summed E-state index contributed by atoms with van der Waals surface area (Å²) in [5, 5.41) is 2.65. The Hall–Kier alpha value is -1.40. The van der Waals surface area contributed by atoms with Crippen molar-refractivity contribution in [3.63, 3.8) is 0 Å². The molecule has 0 amide bonds. The van der Waals surface area contributed by atoms with Gasteiger partial charge in [-0.1, -0.05) is 35.9 Å². The van der Waals surface area contributed by atoms with Gasteiger partial charge in [-0.3, -0.25) is 0 Å². The van der Waals surface area contributed by atoms with E-state index in [0.717, 1.165) is 0 Å². The monoisotopic (exact) mass is 180 g/mol. The van der Waals surface area contributed by atoms with Gasteiger partial charge in [0.15, 0.2) is 11.2 Å². The van der Waals surface area contributed by atoms with Crippen LogP contribution in [-0.2, 0) is 0 Å². The normalized spacial score (nSPS) is 11.7. The maximum absolute atomic E-state index is 10.0. The molecule has 0 aliphatic heterocycles. The first-order chi connectivity index (χ1) is 5.77. The highest BCUT2D eigenvalue weighted by Crippen LogP contribution is 2.23.